The lowest BCUT2D eigenvalue weighted by molar-refractivity contribution is -0.119. The summed E-state index contributed by atoms with van der Waals surface area (Å²) in [5.41, 5.74) is 3.24. The maximum atomic E-state index is 12.4. The zero-order valence-corrected chi connectivity index (χ0v) is 21.3. The molecule has 8 heteroatoms. The molecule has 1 fully saturated rings. The summed E-state index contributed by atoms with van der Waals surface area (Å²) in [6, 6.07) is 16.3. The topological polar surface area (TPSA) is 66.9 Å². The van der Waals surface area contributed by atoms with Crippen LogP contribution >= 0.6 is 35.0 Å². The lowest BCUT2D eigenvalue weighted by atomic mass is 9.95. The van der Waals surface area contributed by atoms with Gasteiger partial charge in [-0.1, -0.05) is 71.4 Å². The van der Waals surface area contributed by atoms with Crippen LogP contribution < -0.4 is 10.6 Å². The molecule has 34 heavy (non-hydrogen) atoms. The van der Waals surface area contributed by atoms with Crippen LogP contribution in [0, 0.1) is 5.92 Å². The van der Waals surface area contributed by atoms with Gasteiger partial charge < -0.3 is 10.6 Å². The molecule has 1 aliphatic rings. The minimum absolute atomic E-state index is 0.00131. The second kappa shape index (κ2) is 12.0. The van der Waals surface area contributed by atoms with Crippen molar-refractivity contribution in [3.63, 3.8) is 0 Å². The highest BCUT2D eigenvalue weighted by Gasteiger charge is 2.26. The van der Waals surface area contributed by atoms with Gasteiger partial charge in [0.1, 0.15) is 0 Å². The predicted octanol–water partition coefficient (Wildman–Crippen LogP) is 5.66. The van der Waals surface area contributed by atoms with Crippen molar-refractivity contribution in [1.29, 1.82) is 0 Å². The minimum Gasteiger partial charge on any atom is -0.353 e. The molecule has 0 saturated carbocycles. The van der Waals surface area contributed by atoms with Crippen LogP contribution in [0.15, 0.2) is 66.1 Å². The number of nitrogens with zero attached hydrogens (tertiary/aromatic N) is 2. The van der Waals surface area contributed by atoms with Gasteiger partial charge in [0.2, 0.25) is 5.91 Å². The van der Waals surface area contributed by atoms with E-state index in [1.165, 1.54) is 17.3 Å². The maximum Gasteiger partial charge on any atom is 0.230 e. The quantitative estimate of drug-likeness (QED) is 0.285. The van der Waals surface area contributed by atoms with Crippen LogP contribution in [0.4, 0.5) is 0 Å². The van der Waals surface area contributed by atoms with Crippen LogP contribution in [-0.2, 0) is 11.2 Å². The second-order valence-corrected chi connectivity index (χ2v) is 10.5. The highest BCUT2D eigenvalue weighted by molar-refractivity contribution is 7.99. The first-order valence-corrected chi connectivity index (χ1v) is 13.2. The zero-order chi connectivity index (χ0) is 23.9. The molecule has 1 saturated heterocycles. The average molecular weight is 516 g/mol. The molecular formula is C26H28Cl2N4OS. The Kier molecular flexibility index (Phi) is 8.84. The number of hydrogen-bond donors (Lipinski definition) is 2. The van der Waals surface area contributed by atoms with E-state index in [0.29, 0.717) is 32.9 Å². The number of carbonyl (C=O) groups is 1. The highest BCUT2D eigenvalue weighted by Crippen LogP contribution is 2.27. The Balaban J connectivity index is 1.17. The molecule has 4 rings (SSSR count). The molecule has 2 heterocycles. The fourth-order valence-electron chi connectivity index (χ4n) is 4.34. The highest BCUT2D eigenvalue weighted by atomic mass is 35.5. The van der Waals surface area contributed by atoms with Crippen molar-refractivity contribution in [1.82, 2.24) is 20.6 Å². The van der Waals surface area contributed by atoms with Gasteiger partial charge in [0.15, 0.2) is 5.16 Å². The molecule has 5 nitrogen and oxygen atoms in total. The molecule has 178 valence electrons. The summed E-state index contributed by atoms with van der Waals surface area (Å²) in [6.07, 6.45) is 6.55. The molecule has 3 atom stereocenters. The van der Waals surface area contributed by atoms with E-state index in [1.807, 2.05) is 48.5 Å². The fourth-order valence-corrected chi connectivity index (χ4v) is 5.26. The van der Waals surface area contributed by atoms with Crippen molar-refractivity contribution in [3.8, 4) is 11.1 Å². The summed E-state index contributed by atoms with van der Waals surface area (Å²) < 4.78 is 0. The van der Waals surface area contributed by atoms with Crippen molar-refractivity contribution in [3.05, 3.63) is 76.5 Å². The van der Waals surface area contributed by atoms with Gasteiger partial charge in [-0.3, -0.25) is 4.79 Å². The van der Waals surface area contributed by atoms with Crippen molar-refractivity contribution in [2.75, 3.05) is 12.3 Å². The summed E-state index contributed by atoms with van der Waals surface area (Å²) in [7, 11) is 0. The zero-order valence-electron chi connectivity index (χ0n) is 19.0. The summed E-state index contributed by atoms with van der Waals surface area (Å²) >= 11 is 13.5. The van der Waals surface area contributed by atoms with Gasteiger partial charge in [-0.2, -0.15) is 0 Å². The van der Waals surface area contributed by atoms with Gasteiger partial charge in [-0.05, 0) is 61.9 Å². The smallest absolute Gasteiger partial charge is 0.230 e. The molecule has 1 amide bonds. The second-order valence-electron chi connectivity index (χ2n) is 8.77. The van der Waals surface area contributed by atoms with Crippen LogP contribution in [0.2, 0.25) is 10.0 Å². The standard InChI is InChI=1S/C26H28Cl2N4OS/c1-17(9-22-11-19(13-29-22)10-18-7-8-23(27)24(28)12-18)32-25(33)16-34-26-30-14-21(15-31-26)20-5-3-2-4-6-20/h2-8,12,14-15,17,19,22,29H,9-11,13,16H2,1H3,(H,32,33)/t17?,19-,22-/m1/s1. The number of hydrogen-bond acceptors (Lipinski definition) is 5. The monoisotopic (exact) mass is 514 g/mol. The molecular weight excluding hydrogens is 487 g/mol. The third kappa shape index (κ3) is 7.19. The Morgan fingerprint density at radius 1 is 1.12 bits per heavy atom. The van der Waals surface area contributed by atoms with Crippen LogP contribution in [0.25, 0.3) is 11.1 Å². The Bertz CT molecular complexity index is 1100. The number of rotatable bonds is 9. The first kappa shape index (κ1) is 25.0. The molecule has 0 aliphatic carbocycles. The number of halogens is 2. The molecule has 2 aromatic carbocycles. The molecule has 1 unspecified atom stereocenters. The van der Waals surface area contributed by atoms with E-state index in [0.717, 1.165) is 36.9 Å². The fraction of sp³-hybridized carbons (Fsp3) is 0.346. The van der Waals surface area contributed by atoms with Crippen molar-refractivity contribution in [2.45, 2.75) is 43.4 Å². The minimum atomic E-state index is -0.00131. The number of amides is 1. The van der Waals surface area contributed by atoms with Crippen LogP contribution in [0.3, 0.4) is 0 Å². The summed E-state index contributed by atoms with van der Waals surface area (Å²) in [4.78, 5) is 21.2. The maximum absolute atomic E-state index is 12.4. The first-order chi connectivity index (χ1) is 16.5. The van der Waals surface area contributed by atoms with E-state index in [1.54, 1.807) is 12.4 Å². The van der Waals surface area contributed by atoms with Gasteiger partial charge in [-0.25, -0.2) is 9.97 Å². The predicted molar refractivity (Wildman–Crippen MR) is 140 cm³/mol. The van der Waals surface area contributed by atoms with Crippen molar-refractivity contribution >= 4 is 40.9 Å². The van der Waals surface area contributed by atoms with Crippen LogP contribution in [0.5, 0.6) is 0 Å². The SMILES string of the molecule is CC(C[C@@H]1C[C@@H](Cc2ccc(Cl)c(Cl)c2)CN1)NC(=O)CSc1ncc(-c2ccccc2)cn1. The van der Waals surface area contributed by atoms with Gasteiger partial charge in [0, 0.05) is 30.0 Å². The molecule has 1 aliphatic heterocycles. The lowest BCUT2D eigenvalue weighted by Crippen LogP contribution is -2.38. The number of nitrogens with one attached hydrogen (secondary N) is 2. The largest absolute Gasteiger partial charge is 0.353 e. The lowest BCUT2D eigenvalue weighted by Gasteiger charge is -2.18. The van der Waals surface area contributed by atoms with E-state index >= 15 is 0 Å². The van der Waals surface area contributed by atoms with Gasteiger partial charge in [-0.15, -0.1) is 0 Å². The molecule has 0 radical (unpaired) electrons. The Morgan fingerprint density at radius 2 is 1.88 bits per heavy atom. The van der Waals surface area contributed by atoms with E-state index in [2.05, 4.69) is 27.5 Å². The van der Waals surface area contributed by atoms with Gasteiger partial charge >= 0.3 is 0 Å². The average Bonchev–Trinajstić information content (AvgIpc) is 3.27. The first-order valence-electron chi connectivity index (χ1n) is 11.4. The van der Waals surface area contributed by atoms with E-state index in [-0.39, 0.29) is 11.9 Å². The number of benzene rings is 2. The number of thioether (sulfide) groups is 1. The van der Waals surface area contributed by atoms with Gasteiger partial charge in [0.25, 0.3) is 0 Å². The van der Waals surface area contributed by atoms with E-state index in [4.69, 9.17) is 23.2 Å². The molecule has 3 aromatic rings. The number of aromatic nitrogens is 2. The van der Waals surface area contributed by atoms with E-state index in [9.17, 15) is 4.79 Å². The van der Waals surface area contributed by atoms with Crippen LogP contribution in [-0.4, -0.2) is 40.3 Å². The summed E-state index contributed by atoms with van der Waals surface area (Å²) in [5.74, 6) is 0.850. The third-order valence-electron chi connectivity index (χ3n) is 5.93. The number of carbonyl (C=O) groups excluding carboxylic acids is 1. The Labute approximate surface area is 215 Å². The third-order valence-corrected chi connectivity index (χ3v) is 7.55. The van der Waals surface area contributed by atoms with Gasteiger partial charge in [0.05, 0.1) is 15.8 Å². The van der Waals surface area contributed by atoms with E-state index < -0.39 is 0 Å². The normalized spacial score (nSPS) is 18.6. The van der Waals surface area contributed by atoms with Crippen LogP contribution in [0.1, 0.15) is 25.3 Å². The molecule has 1 aromatic heterocycles. The van der Waals surface area contributed by atoms with Crippen molar-refractivity contribution < 1.29 is 4.79 Å². The molecule has 0 spiro atoms. The summed E-state index contributed by atoms with van der Waals surface area (Å²) in [5, 5.41) is 8.50. The Morgan fingerprint density at radius 3 is 2.62 bits per heavy atom. The summed E-state index contributed by atoms with van der Waals surface area (Å²) in [6.45, 7) is 3.03. The molecule has 0 bridgehead atoms. The Hall–Kier alpha value is -2.12. The molecule has 2 N–H and O–H groups in total. The van der Waals surface area contributed by atoms with Crippen molar-refractivity contribution in [2.24, 2.45) is 5.92 Å².